The molecular weight excluding hydrogens is 336 g/mol. The van der Waals surface area contributed by atoms with Gasteiger partial charge in [0.15, 0.2) is 0 Å². The highest BCUT2D eigenvalue weighted by Crippen LogP contribution is 2.19. The zero-order valence-electron chi connectivity index (χ0n) is 12.6. The van der Waals surface area contributed by atoms with Crippen LogP contribution in [0.4, 0.5) is 5.69 Å². The molecule has 0 heterocycles. The van der Waals surface area contributed by atoms with Crippen LogP contribution < -0.4 is 5.32 Å². The predicted octanol–water partition coefficient (Wildman–Crippen LogP) is 2.96. The molecule has 0 aliphatic carbocycles. The summed E-state index contributed by atoms with van der Waals surface area (Å²) in [4.78, 5) is 34.1. The third-order valence-corrected chi connectivity index (χ3v) is 3.58. The van der Waals surface area contributed by atoms with Gasteiger partial charge < -0.3 is 10.1 Å². The van der Waals surface area contributed by atoms with E-state index in [9.17, 15) is 19.7 Å². The molecule has 0 unspecified atom stereocenters. The van der Waals surface area contributed by atoms with Crippen LogP contribution in [0.15, 0.2) is 42.5 Å². The van der Waals surface area contributed by atoms with Crippen molar-refractivity contribution in [2.75, 3.05) is 7.11 Å². The van der Waals surface area contributed by atoms with Crippen molar-refractivity contribution in [3.8, 4) is 0 Å². The molecule has 0 aliphatic heterocycles. The van der Waals surface area contributed by atoms with E-state index < -0.39 is 16.8 Å². The molecular formula is C16H13ClN2O5. The van der Waals surface area contributed by atoms with E-state index >= 15 is 0 Å². The first-order valence-corrected chi connectivity index (χ1v) is 7.19. The molecule has 0 fully saturated rings. The number of amides is 1. The molecule has 0 aliphatic rings. The van der Waals surface area contributed by atoms with Crippen LogP contribution in [-0.4, -0.2) is 23.9 Å². The summed E-state index contributed by atoms with van der Waals surface area (Å²) < 4.78 is 4.54. The maximum atomic E-state index is 12.2. The Kier molecular flexibility index (Phi) is 5.49. The Hall–Kier alpha value is -2.93. The van der Waals surface area contributed by atoms with Crippen molar-refractivity contribution in [3.05, 3.63) is 74.3 Å². The number of benzene rings is 2. The Bertz CT molecular complexity index is 807. The van der Waals surface area contributed by atoms with Crippen LogP contribution in [0.5, 0.6) is 0 Å². The smallest absolute Gasteiger partial charge is 0.338 e. The summed E-state index contributed by atoms with van der Waals surface area (Å²) in [6, 6.07) is 10.3. The summed E-state index contributed by atoms with van der Waals surface area (Å²) in [5.74, 6) is -1.33. The van der Waals surface area contributed by atoms with Gasteiger partial charge in [-0.2, -0.15) is 0 Å². The van der Waals surface area contributed by atoms with E-state index in [4.69, 9.17) is 11.6 Å². The maximum absolute atomic E-state index is 12.2. The van der Waals surface area contributed by atoms with E-state index in [2.05, 4.69) is 10.1 Å². The number of ether oxygens (including phenoxy) is 1. The molecule has 2 aromatic carbocycles. The minimum atomic E-state index is -0.765. The zero-order valence-corrected chi connectivity index (χ0v) is 13.4. The van der Waals surface area contributed by atoms with Gasteiger partial charge in [-0.05, 0) is 17.7 Å². The molecule has 0 bridgehead atoms. The molecule has 1 N–H and O–H groups in total. The molecule has 0 saturated carbocycles. The number of halogens is 1. The normalized spacial score (nSPS) is 10.1. The van der Waals surface area contributed by atoms with E-state index in [-0.39, 0.29) is 23.4 Å². The first-order chi connectivity index (χ1) is 11.4. The van der Waals surface area contributed by atoms with Crippen LogP contribution >= 0.6 is 11.6 Å². The quantitative estimate of drug-likeness (QED) is 0.509. The molecule has 7 nitrogen and oxygen atoms in total. The number of methoxy groups -OCH3 is 1. The van der Waals surface area contributed by atoms with E-state index in [0.717, 1.165) is 19.2 Å². The van der Waals surface area contributed by atoms with Crippen molar-refractivity contribution >= 4 is 29.2 Å². The first-order valence-electron chi connectivity index (χ1n) is 6.81. The molecule has 2 aromatic rings. The number of nitro groups is 1. The fourth-order valence-electron chi connectivity index (χ4n) is 2.00. The van der Waals surface area contributed by atoms with Gasteiger partial charge in [0.2, 0.25) is 0 Å². The molecule has 8 heteroatoms. The lowest BCUT2D eigenvalue weighted by molar-refractivity contribution is -0.384. The average molecular weight is 349 g/mol. The highest BCUT2D eigenvalue weighted by Gasteiger charge is 2.18. The summed E-state index contributed by atoms with van der Waals surface area (Å²) >= 11 is 6.00. The van der Waals surface area contributed by atoms with Crippen LogP contribution in [0, 0.1) is 10.1 Å². The molecule has 124 valence electrons. The average Bonchev–Trinajstić information content (AvgIpc) is 2.59. The van der Waals surface area contributed by atoms with Gasteiger partial charge in [-0.15, -0.1) is 0 Å². The minimum absolute atomic E-state index is 0.0170. The van der Waals surface area contributed by atoms with Crippen molar-refractivity contribution < 1.29 is 19.2 Å². The second-order valence-electron chi connectivity index (χ2n) is 4.79. The lowest BCUT2D eigenvalue weighted by Gasteiger charge is -2.08. The number of hydrogen-bond acceptors (Lipinski definition) is 5. The number of carbonyl (C=O) groups is 2. The number of nitrogens with zero attached hydrogens (tertiary/aromatic N) is 1. The third kappa shape index (κ3) is 4.08. The third-order valence-electron chi connectivity index (χ3n) is 3.21. The Morgan fingerprint density at radius 2 is 1.88 bits per heavy atom. The molecule has 0 aromatic heterocycles. The van der Waals surface area contributed by atoms with Gasteiger partial charge in [0.25, 0.3) is 11.6 Å². The molecule has 0 spiro atoms. The lowest BCUT2D eigenvalue weighted by atomic mass is 10.1. The van der Waals surface area contributed by atoms with Gasteiger partial charge in [-0.3, -0.25) is 14.9 Å². The molecule has 1 amide bonds. The van der Waals surface area contributed by atoms with Crippen molar-refractivity contribution in [1.82, 2.24) is 5.32 Å². The minimum Gasteiger partial charge on any atom is -0.465 e. The number of rotatable bonds is 5. The summed E-state index contributed by atoms with van der Waals surface area (Å²) in [7, 11) is 1.15. The molecule has 0 saturated heterocycles. The predicted molar refractivity (Wildman–Crippen MR) is 87.1 cm³/mol. The number of carbonyl (C=O) groups excluding carboxylic acids is 2. The highest BCUT2D eigenvalue weighted by atomic mass is 35.5. The topological polar surface area (TPSA) is 98.5 Å². The molecule has 2 rings (SSSR count). The van der Waals surface area contributed by atoms with Crippen LogP contribution in [0.25, 0.3) is 0 Å². The second kappa shape index (κ2) is 7.56. The van der Waals surface area contributed by atoms with Crippen LogP contribution in [-0.2, 0) is 11.3 Å². The fourth-order valence-corrected chi connectivity index (χ4v) is 2.21. The SMILES string of the molecule is COC(=O)c1cc(C(=O)NCc2ccccc2Cl)cc([N+](=O)[O-])c1. The van der Waals surface area contributed by atoms with Gasteiger partial charge in [0.1, 0.15) is 0 Å². The monoisotopic (exact) mass is 348 g/mol. The second-order valence-corrected chi connectivity index (χ2v) is 5.20. The molecule has 0 atom stereocenters. The summed E-state index contributed by atoms with van der Waals surface area (Å²) in [6.45, 7) is 0.148. The van der Waals surface area contributed by atoms with Crippen LogP contribution in [0.2, 0.25) is 5.02 Å². The Labute approximate surface area is 142 Å². The van der Waals surface area contributed by atoms with Crippen LogP contribution in [0.3, 0.4) is 0 Å². The Morgan fingerprint density at radius 1 is 1.21 bits per heavy atom. The number of non-ortho nitro benzene ring substituents is 1. The summed E-state index contributed by atoms with van der Waals surface area (Å²) in [5, 5.41) is 14.1. The standard InChI is InChI=1S/C16H13ClN2O5/c1-24-16(21)12-6-11(7-13(8-12)19(22)23)15(20)18-9-10-4-2-3-5-14(10)17/h2-8H,9H2,1H3,(H,18,20). The van der Waals surface area contributed by atoms with Crippen molar-refractivity contribution in [2.45, 2.75) is 6.54 Å². The van der Waals surface area contributed by atoms with Gasteiger partial charge in [0.05, 0.1) is 17.6 Å². The number of nitrogens with one attached hydrogen (secondary N) is 1. The Balaban J connectivity index is 2.25. The fraction of sp³-hybridized carbons (Fsp3) is 0.125. The highest BCUT2D eigenvalue weighted by molar-refractivity contribution is 6.31. The number of esters is 1. The first kappa shape index (κ1) is 17.4. The molecule has 24 heavy (non-hydrogen) atoms. The number of nitro benzene ring substituents is 1. The van der Waals surface area contributed by atoms with Gasteiger partial charge >= 0.3 is 5.97 Å². The van der Waals surface area contributed by atoms with Crippen molar-refractivity contribution in [3.63, 3.8) is 0 Å². The van der Waals surface area contributed by atoms with E-state index in [1.54, 1.807) is 24.3 Å². The van der Waals surface area contributed by atoms with Crippen LogP contribution in [0.1, 0.15) is 26.3 Å². The Morgan fingerprint density at radius 3 is 2.50 bits per heavy atom. The van der Waals surface area contributed by atoms with Gasteiger partial charge in [0, 0.05) is 29.3 Å². The zero-order chi connectivity index (χ0) is 17.7. The largest absolute Gasteiger partial charge is 0.465 e. The summed E-state index contributed by atoms with van der Waals surface area (Å²) in [5.41, 5.74) is 0.234. The maximum Gasteiger partial charge on any atom is 0.338 e. The van der Waals surface area contributed by atoms with Crippen molar-refractivity contribution in [1.29, 1.82) is 0 Å². The van der Waals surface area contributed by atoms with Gasteiger partial charge in [-0.1, -0.05) is 29.8 Å². The van der Waals surface area contributed by atoms with E-state index in [1.165, 1.54) is 6.07 Å². The summed E-state index contributed by atoms with van der Waals surface area (Å²) in [6.07, 6.45) is 0. The van der Waals surface area contributed by atoms with Crippen molar-refractivity contribution in [2.24, 2.45) is 0 Å². The molecule has 0 radical (unpaired) electrons. The van der Waals surface area contributed by atoms with E-state index in [1.807, 2.05) is 0 Å². The number of hydrogen-bond donors (Lipinski definition) is 1. The lowest BCUT2D eigenvalue weighted by Crippen LogP contribution is -2.23. The van der Waals surface area contributed by atoms with E-state index in [0.29, 0.717) is 10.6 Å². The van der Waals surface area contributed by atoms with Gasteiger partial charge in [-0.25, -0.2) is 4.79 Å².